The predicted molar refractivity (Wildman–Crippen MR) is 69.1 cm³/mol. The number of rotatable bonds is 5. The van der Waals surface area contributed by atoms with Gasteiger partial charge in [-0.1, -0.05) is 20.8 Å². The minimum Gasteiger partial charge on any atom is -0.357 e. The maximum atomic E-state index is 9.32. The van der Waals surface area contributed by atoms with E-state index in [0.717, 1.165) is 37.1 Å². The van der Waals surface area contributed by atoms with Crippen molar-refractivity contribution in [2.24, 2.45) is 0 Å². The van der Waals surface area contributed by atoms with E-state index in [1.807, 2.05) is 18.9 Å². The van der Waals surface area contributed by atoms with Crippen LogP contribution in [0.4, 0.5) is 5.82 Å². The third kappa shape index (κ3) is 2.73. The summed E-state index contributed by atoms with van der Waals surface area (Å²) in [6, 6.07) is 2.28. The Morgan fingerprint density at radius 3 is 2.35 bits per heavy atom. The van der Waals surface area contributed by atoms with Gasteiger partial charge >= 0.3 is 0 Å². The lowest BCUT2D eigenvalue weighted by Crippen LogP contribution is -2.22. The van der Waals surface area contributed by atoms with Crippen LogP contribution in [-0.4, -0.2) is 23.8 Å². The first-order valence-corrected chi connectivity index (χ1v) is 6.19. The van der Waals surface area contributed by atoms with Crippen molar-refractivity contribution in [3.05, 3.63) is 16.8 Å². The lowest BCUT2D eigenvalue weighted by atomic mass is 10.0. The van der Waals surface area contributed by atoms with Gasteiger partial charge in [0.2, 0.25) is 0 Å². The van der Waals surface area contributed by atoms with Gasteiger partial charge in [0.15, 0.2) is 5.82 Å². The largest absolute Gasteiger partial charge is 0.357 e. The molecule has 0 aromatic carbocycles. The molecule has 0 N–H and O–H groups in total. The molecule has 0 unspecified atom stereocenters. The number of nitriles is 1. The summed E-state index contributed by atoms with van der Waals surface area (Å²) in [5, 5.41) is 17.8. The second-order valence-corrected chi connectivity index (χ2v) is 4.06. The third-order valence-corrected chi connectivity index (χ3v) is 2.86. The Kier molecular flexibility index (Phi) is 4.89. The highest BCUT2D eigenvalue weighted by atomic mass is 15.2. The first kappa shape index (κ1) is 13.4. The molecule has 0 radical (unpaired) electrons. The van der Waals surface area contributed by atoms with Crippen molar-refractivity contribution < 1.29 is 0 Å². The Labute approximate surface area is 103 Å². The molecule has 4 nitrogen and oxygen atoms in total. The zero-order chi connectivity index (χ0) is 12.8. The number of nitrogens with zero attached hydrogens (tertiary/aromatic N) is 4. The van der Waals surface area contributed by atoms with E-state index >= 15 is 0 Å². The van der Waals surface area contributed by atoms with Crippen LogP contribution in [0.25, 0.3) is 0 Å². The summed E-state index contributed by atoms with van der Waals surface area (Å²) in [7, 11) is 1.96. The Hall–Kier alpha value is -1.63. The van der Waals surface area contributed by atoms with E-state index in [2.05, 4.69) is 30.1 Å². The molecule has 0 spiro atoms. The van der Waals surface area contributed by atoms with Crippen molar-refractivity contribution in [1.82, 2.24) is 10.2 Å². The molecule has 0 aliphatic heterocycles. The highest BCUT2D eigenvalue weighted by molar-refractivity contribution is 5.57. The van der Waals surface area contributed by atoms with E-state index in [0.29, 0.717) is 11.4 Å². The van der Waals surface area contributed by atoms with Gasteiger partial charge in [0.1, 0.15) is 11.6 Å². The van der Waals surface area contributed by atoms with Crippen molar-refractivity contribution in [3.63, 3.8) is 0 Å². The zero-order valence-electron chi connectivity index (χ0n) is 11.1. The number of hydrogen-bond acceptors (Lipinski definition) is 4. The van der Waals surface area contributed by atoms with E-state index < -0.39 is 0 Å². The van der Waals surface area contributed by atoms with E-state index in [-0.39, 0.29) is 0 Å². The fourth-order valence-corrected chi connectivity index (χ4v) is 1.99. The quantitative estimate of drug-likeness (QED) is 0.781. The van der Waals surface area contributed by atoms with Crippen LogP contribution in [-0.2, 0) is 12.8 Å². The number of anilines is 1. The summed E-state index contributed by atoms with van der Waals surface area (Å²) in [6.45, 7) is 7.09. The molecule has 0 aliphatic rings. The maximum absolute atomic E-state index is 9.32. The summed E-state index contributed by atoms with van der Waals surface area (Å²) in [5.74, 6) is 0.711. The van der Waals surface area contributed by atoms with Gasteiger partial charge in [0.05, 0.1) is 5.69 Å². The summed E-state index contributed by atoms with van der Waals surface area (Å²) in [5.41, 5.74) is 2.68. The van der Waals surface area contributed by atoms with E-state index in [4.69, 9.17) is 0 Å². The summed E-state index contributed by atoms with van der Waals surface area (Å²) < 4.78 is 0. The first-order chi connectivity index (χ1) is 8.19. The Bertz CT molecular complexity index is 420. The zero-order valence-corrected chi connectivity index (χ0v) is 11.1. The average Bonchev–Trinajstić information content (AvgIpc) is 2.36. The monoisotopic (exact) mass is 232 g/mol. The normalized spacial score (nSPS) is 10.1. The van der Waals surface area contributed by atoms with Crippen LogP contribution in [0.1, 0.15) is 44.0 Å². The van der Waals surface area contributed by atoms with Crippen molar-refractivity contribution in [2.75, 3.05) is 18.5 Å². The van der Waals surface area contributed by atoms with Crippen LogP contribution in [0.3, 0.4) is 0 Å². The fraction of sp³-hybridized carbons (Fsp3) is 0.615. The molecule has 1 aromatic rings. The molecule has 1 rings (SSSR count). The van der Waals surface area contributed by atoms with Gasteiger partial charge < -0.3 is 4.90 Å². The number of aryl methyl sites for hydroxylation is 1. The van der Waals surface area contributed by atoms with Gasteiger partial charge in [-0.2, -0.15) is 10.4 Å². The molecule has 0 bridgehead atoms. The predicted octanol–water partition coefficient (Wildman–Crippen LogP) is 2.32. The van der Waals surface area contributed by atoms with E-state index in [1.165, 1.54) is 0 Å². The Morgan fingerprint density at radius 1 is 1.18 bits per heavy atom. The van der Waals surface area contributed by atoms with Crippen LogP contribution < -0.4 is 4.90 Å². The van der Waals surface area contributed by atoms with Gasteiger partial charge in [-0.05, 0) is 24.8 Å². The van der Waals surface area contributed by atoms with Gasteiger partial charge in [0.25, 0.3) is 0 Å². The smallest absolute Gasteiger partial charge is 0.169 e. The van der Waals surface area contributed by atoms with Crippen molar-refractivity contribution >= 4 is 5.82 Å². The highest BCUT2D eigenvalue weighted by Gasteiger charge is 2.16. The molecule has 92 valence electrons. The molecule has 1 aromatic heterocycles. The summed E-state index contributed by atoms with van der Waals surface area (Å²) in [6.07, 6.45) is 2.68. The molecule has 0 saturated heterocycles. The minimum absolute atomic E-state index is 0.690. The molecule has 1 heterocycles. The van der Waals surface area contributed by atoms with Crippen LogP contribution in [0.5, 0.6) is 0 Å². The second kappa shape index (κ2) is 6.19. The lowest BCUT2D eigenvalue weighted by molar-refractivity contribution is 0.796. The van der Waals surface area contributed by atoms with Crippen LogP contribution in [0, 0.1) is 11.3 Å². The average molecular weight is 232 g/mol. The van der Waals surface area contributed by atoms with Gasteiger partial charge in [-0.15, -0.1) is 5.10 Å². The topological polar surface area (TPSA) is 52.8 Å². The van der Waals surface area contributed by atoms with Gasteiger partial charge in [-0.25, -0.2) is 0 Å². The highest BCUT2D eigenvalue weighted by Crippen LogP contribution is 2.22. The number of hydrogen-bond donors (Lipinski definition) is 0. The second-order valence-electron chi connectivity index (χ2n) is 4.06. The molecule has 4 heteroatoms. The molecule has 0 aliphatic carbocycles. The van der Waals surface area contributed by atoms with Crippen LogP contribution in [0.15, 0.2) is 0 Å². The minimum atomic E-state index is 0.690. The van der Waals surface area contributed by atoms with E-state index in [1.54, 1.807) is 0 Å². The van der Waals surface area contributed by atoms with Crippen LogP contribution in [0.2, 0.25) is 0 Å². The SMILES string of the molecule is CCCN(C)c1nnc(CC)c(CC)c1C#N. The molecule has 0 saturated carbocycles. The summed E-state index contributed by atoms with van der Waals surface area (Å²) in [4.78, 5) is 2.00. The lowest BCUT2D eigenvalue weighted by Gasteiger charge is -2.19. The molecule has 0 fully saturated rings. The first-order valence-electron chi connectivity index (χ1n) is 6.19. The standard InChI is InChI=1S/C13H20N4/c1-5-8-17(4)13-11(9-14)10(6-2)12(7-3)15-16-13/h5-8H2,1-4H3. The molecule has 0 amide bonds. The maximum Gasteiger partial charge on any atom is 0.169 e. The van der Waals surface area contributed by atoms with Crippen molar-refractivity contribution in [1.29, 1.82) is 5.26 Å². The summed E-state index contributed by atoms with van der Waals surface area (Å²) >= 11 is 0. The molecular formula is C13H20N4. The van der Waals surface area contributed by atoms with E-state index in [9.17, 15) is 5.26 Å². The molecule has 17 heavy (non-hydrogen) atoms. The van der Waals surface area contributed by atoms with Gasteiger partial charge in [-0.3, -0.25) is 0 Å². The molecular weight excluding hydrogens is 212 g/mol. The third-order valence-electron chi connectivity index (χ3n) is 2.86. The number of aromatic nitrogens is 2. The van der Waals surface area contributed by atoms with Gasteiger partial charge in [0, 0.05) is 13.6 Å². The Balaban J connectivity index is 3.29. The van der Waals surface area contributed by atoms with Crippen molar-refractivity contribution in [2.45, 2.75) is 40.0 Å². The van der Waals surface area contributed by atoms with Crippen molar-refractivity contribution in [3.8, 4) is 6.07 Å². The molecule has 0 atom stereocenters. The van der Waals surface area contributed by atoms with Crippen LogP contribution >= 0.6 is 0 Å². The fourth-order valence-electron chi connectivity index (χ4n) is 1.99. The Morgan fingerprint density at radius 2 is 1.88 bits per heavy atom.